The van der Waals surface area contributed by atoms with Crippen LogP contribution in [0.15, 0.2) is 24.3 Å². The molecule has 2 atom stereocenters. The summed E-state index contributed by atoms with van der Waals surface area (Å²) in [6.07, 6.45) is 8.57. The standard InChI is InChI=1S/C27H34N2O4/c1-17-4-6-21(7-5-17)29-24(30)12-23(25(29)31)28(16-22-3-2-8-33-22)26(32)27-13-18-9-19(14-27)11-20(10-18)15-27/h4-7,18-20,22-23H,2-3,8-16H2,1H3. The highest BCUT2D eigenvalue weighted by molar-refractivity contribution is 6.23. The van der Waals surface area contributed by atoms with Crippen molar-refractivity contribution in [3.8, 4) is 0 Å². The number of nitrogens with zero attached hydrogens (tertiary/aromatic N) is 2. The second kappa shape index (κ2) is 7.93. The van der Waals surface area contributed by atoms with E-state index in [0.717, 1.165) is 37.7 Å². The summed E-state index contributed by atoms with van der Waals surface area (Å²) in [5, 5.41) is 0. The molecule has 2 saturated heterocycles. The molecule has 6 nitrogen and oxygen atoms in total. The van der Waals surface area contributed by atoms with Crippen LogP contribution in [0.25, 0.3) is 0 Å². The van der Waals surface area contributed by atoms with Crippen LogP contribution in [0.4, 0.5) is 5.69 Å². The number of aryl methyl sites for hydroxylation is 1. The number of benzene rings is 1. The van der Waals surface area contributed by atoms with E-state index in [4.69, 9.17) is 4.74 Å². The van der Waals surface area contributed by atoms with Crippen LogP contribution in [0.5, 0.6) is 0 Å². The smallest absolute Gasteiger partial charge is 0.257 e. The first kappa shape index (κ1) is 21.3. The molecule has 33 heavy (non-hydrogen) atoms. The van der Waals surface area contributed by atoms with E-state index in [-0.39, 0.29) is 35.7 Å². The highest BCUT2D eigenvalue weighted by Crippen LogP contribution is 2.60. The molecule has 4 saturated carbocycles. The van der Waals surface area contributed by atoms with Crippen molar-refractivity contribution >= 4 is 23.4 Å². The molecule has 7 rings (SSSR count). The van der Waals surface area contributed by atoms with Gasteiger partial charge < -0.3 is 9.64 Å². The van der Waals surface area contributed by atoms with E-state index in [1.165, 1.54) is 24.2 Å². The Morgan fingerprint density at radius 1 is 1.06 bits per heavy atom. The Bertz CT molecular complexity index is 930. The molecule has 0 radical (unpaired) electrons. The maximum Gasteiger partial charge on any atom is 0.257 e. The minimum absolute atomic E-state index is 0.0424. The monoisotopic (exact) mass is 450 g/mol. The minimum atomic E-state index is -0.719. The van der Waals surface area contributed by atoms with Crippen LogP contribution in [0.3, 0.4) is 0 Å². The fourth-order valence-electron chi connectivity index (χ4n) is 7.86. The molecular weight excluding hydrogens is 416 g/mol. The fraction of sp³-hybridized carbons (Fsp3) is 0.667. The van der Waals surface area contributed by atoms with Gasteiger partial charge in [-0.05, 0) is 88.2 Å². The molecule has 2 heterocycles. The van der Waals surface area contributed by atoms with Crippen LogP contribution in [0.1, 0.15) is 63.4 Å². The molecule has 4 aliphatic carbocycles. The van der Waals surface area contributed by atoms with Gasteiger partial charge in [0, 0.05) is 13.2 Å². The Balaban J connectivity index is 1.31. The third-order valence-electron chi connectivity index (χ3n) is 8.97. The van der Waals surface area contributed by atoms with Crippen molar-refractivity contribution in [1.82, 2.24) is 4.90 Å². The predicted octanol–water partition coefficient (Wildman–Crippen LogP) is 3.85. The second-order valence-electron chi connectivity index (χ2n) is 11.4. The van der Waals surface area contributed by atoms with Crippen molar-refractivity contribution < 1.29 is 19.1 Å². The number of hydrogen-bond acceptors (Lipinski definition) is 4. The molecule has 6 aliphatic rings. The molecule has 176 valence electrons. The van der Waals surface area contributed by atoms with Gasteiger partial charge in [-0.15, -0.1) is 0 Å². The second-order valence-corrected chi connectivity index (χ2v) is 11.4. The lowest BCUT2D eigenvalue weighted by molar-refractivity contribution is -0.163. The lowest BCUT2D eigenvalue weighted by Gasteiger charge is -2.57. The van der Waals surface area contributed by atoms with Gasteiger partial charge in [0.15, 0.2) is 0 Å². The van der Waals surface area contributed by atoms with Crippen LogP contribution in [0, 0.1) is 30.1 Å². The molecular formula is C27H34N2O4. The maximum atomic E-state index is 14.3. The molecule has 2 unspecified atom stereocenters. The first-order valence-electron chi connectivity index (χ1n) is 12.8. The van der Waals surface area contributed by atoms with Crippen LogP contribution >= 0.6 is 0 Å². The van der Waals surface area contributed by atoms with E-state index < -0.39 is 6.04 Å². The fourth-order valence-corrected chi connectivity index (χ4v) is 7.86. The van der Waals surface area contributed by atoms with Crippen molar-refractivity contribution in [2.24, 2.45) is 23.2 Å². The number of hydrogen-bond donors (Lipinski definition) is 0. The minimum Gasteiger partial charge on any atom is -0.376 e. The Kier molecular flexibility index (Phi) is 5.13. The third-order valence-corrected chi connectivity index (χ3v) is 8.97. The zero-order chi connectivity index (χ0) is 22.7. The van der Waals surface area contributed by atoms with Crippen LogP contribution in [-0.4, -0.2) is 47.9 Å². The average molecular weight is 451 g/mol. The molecule has 3 amide bonds. The Morgan fingerprint density at radius 3 is 2.27 bits per heavy atom. The van der Waals surface area contributed by atoms with Crippen molar-refractivity contribution in [2.45, 2.75) is 76.9 Å². The summed E-state index contributed by atoms with van der Waals surface area (Å²) in [4.78, 5) is 44.0. The van der Waals surface area contributed by atoms with Gasteiger partial charge in [0.25, 0.3) is 5.91 Å². The highest BCUT2D eigenvalue weighted by atomic mass is 16.5. The first-order valence-corrected chi connectivity index (χ1v) is 12.8. The Labute approximate surface area is 195 Å². The molecule has 1 aromatic rings. The van der Waals surface area contributed by atoms with E-state index in [1.807, 2.05) is 31.2 Å². The normalized spacial score (nSPS) is 37.2. The Morgan fingerprint density at radius 2 is 1.70 bits per heavy atom. The van der Waals surface area contributed by atoms with Gasteiger partial charge in [0.05, 0.1) is 23.6 Å². The number of carbonyl (C=O) groups is 3. The lowest BCUT2D eigenvalue weighted by Crippen LogP contribution is -2.58. The molecule has 0 spiro atoms. The van der Waals surface area contributed by atoms with Crippen molar-refractivity contribution in [3.05, 3.63) is 29.8 Å². The molecule has 1 aromatic carbocycles. The summed E-state index contributed by atoms with van der Waals surface area (Å²) in [5.41, 5.74) is 1.33. The molecule has 2 aliphatic heterocycles. The van der Waals surface area contributed by atoms with E-state index in [0.29, 0.717) is 36.6 Å². The third kappa shape index (κ3) is 3.61. The number of anilines is 1. The van der Waals surface area contributed by atoms with Gasteiger partial charge in [-0.1, -0.05) is 17.7 Å². The summed E-state index contributed by atoms with van der Waals surface area (Å²) in [6.45, 7) is 3.11. The first-order chi connectivity index (χ1) is 15.9. The number of imide groups is 1. The summed E-state index contributed by atoms with van der Waals surface area (Å²) < 4.78 is 5.90. The van der Waals surface area contributed by atoms with Gasteiger partial charge in [-0.2, -0.15) is 0 Å². The van der Waals surface area contributed by atoms with Crippen molar-refractivity contribution in [1.29, 1.82) is 0 Å². The van der Waals surface area contributed by atoms with Crippen LogP contribution in [0.2, 0.25) is 0 Å². The maximum absolute atomic E-state index is 14.3. The quantitative estimate of drug-likeness (QED) is 0.639. The molecule has 6 fully saturated rings. The summed E-state index contributed by atoms with van der Waals surface area (Å²) in [5.74, 6) is 1.58. The zero-order valence-corrected chi connectivity index (χ0v) is 19.5. The number of carbonyl (C=O) groups excluding carboxylic acids is 3. The van der Waals surface area contributed by atoms with Crippen molar-refractivity contribution in [3.63, 3.8) is 0 Å². The highest BCUT2D eigenvalue weighted by Gasteiger charge is 2.57. The average Bonchev–Trinajstić information content (AvgIpc) is 3.39. The lowest BCUT2D eigenvalue weighted by atomic mass is 9.49. The SMILES string of the molecule is Cc1ccc(N2C(=O)CC(N(CC3CCCO3)C(=O)C34CC5CC(CC(C5)C3)C4)C2=O)cc1. The molecule has 0 N–H and O–H groups in total. The molecule has 0 aromatic heterocycles. The molecule has 4 bridgehead atoms. The summed E-state index contributed by atoms with van der Waals surface area (Å²) in [6, 6.07) is 6.74. The van der Waals surface area contributed by atoms with Gasteiger partial charge >= 0.3 is 0 Å². The zero-order valence-electron chi connectivity index (χ0n) is 19.5. The number of rotatable bonds is 5. The van der Waals surface area contributed by atoms with Crippen LogP contribution < -0.4 is 4.90 Å². The van der Waals surface area contributed by atoms with Gasteiger partial charge in [0.1, 0.15) is 6.04 Å². The van der Waals surface area contributed by atoms with E-state index in [9.17, 15) is 14.4 Å². The van der Waals surface area contributed by atoms with Gasteiger partial charge in [-0.3, -0.25) is 14.4 Å². The number of ether oxygens (including phenoxy) is 1. The largest absolute Gasteiger partial charge is 0.376 e. The Hall–Kier alpha value is -2.21. The molecule has 6 heteroatoms. The van der Waals surface area contributed by atoms with E-state index in [1.54, 1.807) is 4.90 Å². The van der Waals surface area contributed by atoms with Gasteiger partial charge in [-0.25, -0.2) is 4.90 Å². The number of amides is 3. The van der Waals surface area contributed by atoms with E-state index >= 15 is 0 Å². The topological polar surface area (TPSA) is 66.9 Å². The predicted molar refractivity (Wildman–Crippen MR) is 123 cm³/mol. The summed E-state index contributed by atoms with van der Waals surface area (Å²) >= 11 is 0. The van der Waals surface area contributed by atoms with Crippen LogP contribution in [-0.2, 0) is 19.1 Å². The van der Waals surface area contributed by atoms with Crippen molar-refractivity contribution in [2.75, 3.05) is 18.1 Å². The summed E-state index contributed by atoms with van der Waals surface area (Å²) in [7, 11) is 0. The van der Waals surface area contributed by atoms with Gasteiger partial charge in [0.2, 0.25) is 11.8 Å². The van der Waals surface area contributed by atoms with E-state index in [2.05, 4.69) is 0 Å².